The Morgan fingerprint density at radius 3 is 2.62 bits per heavy atom. The highest BCUT2D eigenvalue weighted by molar-refractivity contribution is 6.09. The van der Waals surface area contributed by atoms with Crippen LogP contribution in [-0.4, -0.2) is 10.1 Å². The minimum absolute atomic E-state index is 0.306. The number of rotatable bonds is 1. The van der Waals surface area contributed by atoms with E-state index in [9.17, 15) is 5.11 Å². The second kappa shape index (κ2) is 5.84. The Morgan fingerprint density at radius 1 is 0.923 bits per heavy atom. The van der Waals surface area contributed by atoms with Gasteiger partial charge in [-0.2, -0.15) is 0 Å². The smallest absolute Gasteiger partial charge is 0.124 e. The van der Waals surface area contributed by atoms with Gasteiger partial charge in [-0.1, -0.05) is 49.4 Å². The highest BCUT2D eigenvalue weighted by atomic mass is 16.3. The van der Waals surface area contributed by atoms with Gasteiger partial charge in [-0.05, 0) is 65.3 Å². The monoisotopic (exact) mass is 339 g/mol. The van der Waals surface area contributed by atoms with Crippen molar-refractivity contribution in [3.05, 3.63) is 71.8 Å². The van der Waals surface area contributed by atoms with Gasteiger partial charge in [0.2, 0.25) is 0 Å². The number of aromatic hydroxyl groups is 1. The van der Waals surface area contributed by atoms with Crippen LogP contribution in [0.15, 0.2) is 60.7 Å². The minimum atomic E-state index is 0.306. The molecule has 26 heavy (non-hydrogen) atoms. The van der Waals surface area contributed by atoms with Gasteiger partial charge in [0.15, 0.2) is 0 Å². The number of nitrogens with zero attached hydrogens (tertiary/aromatic N) is 1. The zero-order chi connectivity index (χ0) is 17.7. The van der Waals surface area contributed by atoms with Crippen molar-refractivity contribution in [3.63, 3.8) is 0 Å². The molecule has 0 saturated heterocycles. The molecule has 1 N–H and O–H groups in total. The summed E-state index contributed by atoms with van der Waals surface area (Å²) < 4.78 is 0. The molecule has 0 aliphatic heterocycles. The second-order valence-corrected chi connectivity index (χ2v) is 7.46. The Balaban J connectivity index is 1.92. The van der Waals surface area contributed by atoms with Crippen LogP contribution in [0, 0.1) is 5.92 Å². The van der Waals surface area contributed by atoms with Gasteiger partial charge >= 0.3 is 0 Å². The Hall–Kier alpha value is -2.87. The number of hydrogen-bond donors (Lipinski definition) is 1. The van der Waals surface area contributed by atoms with Gasteiger partial charge in [0.25, 0.3) is 0 Å². The molecule has 2 nitrogen and oxygen atoms in total. The van der Waals surface area contributed by atoms with Crippen LogP contribution in [0.5, 0.6) is 5.75 Å². The lowest BCUT2D eigenvalue weighted by atomic mass is 9.80. The molecule has 1 aromatic heterocycles. The molecule has 0 bridgehead atoms. The van der Waals surface area contributed by atoms with Gasteiger partial charge in [0, 0.05) is 10.9 Å². The number of fused-ring (bicyclic) bond motifs is 5. The van der Waals surface area contributed by atoms with Crippen LogP contribution in [-0.2, 0) is 12.8 Å². The van der Waals surface area contributed by atoms with Crippen molar-refractivity contribution in [1.82, 2.24) is 4.98 Å². The first-order chi connectivity index (χ1) is 12.7. The standard InChI is InChI=1S/C24H21NO/c1-15-10-12-18-20(14-15)24(19-8-4-5-9-22(19)26)25-21-13-11-16-6-2-3-7-17(16)23(18)21/h2-9,11,13,15,26H,10,12,14H2,1H3/t15-/m1/s1. The number of hydrogen-bond acceptors (Lipinski definition) is 2. The van der Waals surface area contributed by atoms with Crippen molar-refractivity contribution in [1.29, 1.82) is 0 Å². The first kappa shape index (κ1) is 15.4. The predicted octanol–water partition coefficient (Wildman–Crippen LogP) is 5.89. The molecule has 0 radical (unpaired) electrons. The molecule has 1 heterocycles. The average Bonchev–Trinajstić information content (AvgIpc) is 2.67. The van der Waals surface area contributed by atoms with Gasteiger partial charge in [0.05, 0.1) is 11.2 Å². The van der Waals surface area contributed by atoms with Gasteiger partial charge in [-0.3, -0.25) is 0 Å². The third-order valence-corrected chi connectivity index (χ3v) is 5.69. The van der Waals surface area contributed by atoms with Crippen LogP contribution >= 0.6 is 0 Å². The summed E-state index contributed by atoms with van der Waals surface area (Å²) in [5.74, 6) is 0.946. The maximum atomic E-state index is 10.4. The largest absolute Gasteiger partial charge is 0.507 e. The molecular formula is C24H21NO. The molecule has 1 aliphatic carbocycles. The topological polar surface area (TPSA) is 33.1 Å². The predicted molar refractivity (Wildman–Crippen MR) is 108 cm³/mol. The van der Waals surface area contributed by atoms with Crippen molar-refractivity contribution in [3.8, 4) is 17.0 Å². The van der Waals surface area contributed by atoms with Gasteiger partial charge in [0.1, 0.15) is 5.75 Å². The molecule has 2 heteroatoms. The van der Waals surface area contributed by atoms with E-state index in [0.717, 1.165) is 29.6 Å². The lowest BCUT2D eigenvalue weighted by molar-refractivity contribution is 0.476. The maximum Gasteiger partial charge on any atom is 0.124 e. The quantitative estimate of drug-likeness (QED) is 0.439. The highest BCUT2D eigenvalue weighted by Gasteiger charge is 2.24. The molecule has 0 unspecified atom stereocenters. The molecule has 5 rings (SSSR count). The minimum Gasteiger partial charge on any atom is -0.507 e. The molecule has 0 fully saturated rings. The van der Waals surface area contributed by atoms with Crippen molar-refractivity contribution < 1.29 is 5.11 Å². The number of aryl methyl sites for hydroxylation is 1. The number of aromatic nitrogens is 1. The fourth-order valence-corrected chi connectivity index (χ4v) is 4.39. The zero-order valence-corrected chi connectivity index (χ0v) is 14.9. The van der Waals surface area contributed by atoms with Crippen LogP contribution in [0.4, 0.5) is 0 Å². The highest BCUT2D eigenvalue weighted by Crippen LogP contribution is 2.41. The third kappa shape index (κ3) is 2.29. The van der Waals surface area contributed by atoms with Crippen LogP contribution in [0.3, 0.4) is 0 Å². The zero-order valence-electron chi connectivity index (χ0n) is 14.9. The normalized spacial score (nSPS) is 16.7. The summed E-state index contributed by atoms with van der Waals surface area (Å²) in [6, 6.07) is 20.4. The summed E-state index contributed by atoms with van der Waals surface area (Å²) in [6.07, 6.45) is 3.30. The Bertz CT molecular complexity index is 1150. The Labute approximate surface area is 153 Å². The number of para-hydroxylation sites is 1. The summed E-state index contributed by atoms with van der Waals surface area (Å²) >= 11 is 0. The Morgan fingerprint density at radius 2 is 1.73 bits per heavy atom. The van der Waals surface area contributed by atoms with Crippen LogP contribution in [0.1, 0.15) is 24.5 Å². The first-order valence-electron chi connectivity index (χ1n) is 9.34. The Kier molecular flexibility index (Phi) is 3.46. The average molecular weight is 339 g/mol. The van der Waals surface area contributed by atoms with E-state index in [1.54, 1.807) is 6.07 Å². The number of phenols is 1. The van der Waals surface area contributed by atoms with Crippen LogP contribution in [0.2, 0.25) is 0 Å². The van der Waals surface area contributed by atoms with Crippen molar-refractivity contribution in [2.24, 2.45) is 5.92 Å². The summed E-state index contributed by atoms with van der Waals surface area (Å²) in [5, 5.41) is 14.3. The molecule has 128 valence electrons. The van der Waals surface area contributed by atoms with Crippen molar-refractivity contribution in [2.75, 3.05) is 0 Å². The van der Waals surface area contributed by atoms with Gasteiger partial charge < -0.3 is 5.11 Å². The summed E-state index contributed by atoms with van der Waals surface area (Å²) in [5.41, 5.74) is 5.55. The van der Waals surface area contributed by atoms with E-state index in [1.807, 2.05) is 18.2 Å². The molecule has 0 amide bonds. The van der Waals surface area contributed by atoms with Gasteiger partial charge in [-0.15, -0.1) is 0 Å². The third-order valence-electron chi connectivity index (χ3n) is 5.69. The summed E-state index contributed by atoms with van der Waals surface area (Å²) in [4.78, 5) is 5.04. The SMILES string of the molecule is C[C@@H]1CCc2c(c(-c3ccccc3O)nc3ccc4ccccc4c23)C1. The molecule has 3 aromatic carbocycles. The van der Waals surface area contributed by atoms with Crippen LogP contribution in [0.25, 0.3) is 32.9 Å². The lowest BCUT2D eigenvalue weighted by Gasteiger charge is -2.26. The number of benzene rings is 3. The van der Waals surface area contributed by atoms with Crippen LogP contribution < -0.4 is 0 Å². The van der Waals surface area contributed by atoms with Gasteiger partial charge in [-0.25, -0.2) is 4.98 Å². The molecular weight excluding hydrogens is 318 g/mol. The van der Waals surface area contributed by atoms with E-state index in [4.69, 9.17) is 4.98 Å². The van der Waals surface area contributed by atoms with Crippen molar-refractivity contribution >= 4 is 21.7 Å². The molecule has 0 saturated carbocycles. The number of phenolic OH excluding ortho intramolecular Hbond substituents is 1. The fraction of sp³-hybridized carbons (Fsp3) is 0.208. The molecule has 1 aliphatic rings. The maximum absolute atomic E-state index is 10.4. The van der Waals surface area contributed by atoms with E-state index >= 15 is 0 Å². The molecule has 0 spiro atoms. The first-order valence-corrected chi connectivity index (χ1v) is 9.34. The summed E-state index contributed by atoms with van der Waals surface area (Å²) in [6.45, 7) is 2.31. The van der Waals surface area contributed by atoms with Crippen molar-refractivity contribution in [2.45, 2.75) is 26.2 Å². The molecule has 4 aromatic rings. The fourth-order valence-electron chi connectivity index (χ4n) is 4.39. The van der Waals surface area contributed by atoms with E-state index in [0.29, 0.717) is 11.7 Å². The summed E-state index contributed by atoms with van der Waals surface area (Å²) in [7, 11) is 0. The van der Waals surface area contributed by atoms with E-state index in [-0.39, 0.29) is 0 Å². The number of pyridine rings is 1. The molecule has 1 atom stereocenters. The lowest BCUT2D eigenvalue weighted by Crippen LogP contribution is -2.14. The van der Waals surface area contributed by atoms with E-state index < -0.39 is 0 Å². The van der Waals surface area contributed by atoms with E-state index in [2.05, 4.69) is 43.3 Å². The second-order valence-electron chi connectivity index (χ2n) is 7.46. The van der Waals surface area contributed by atoms with E-state index in [1.165, 1.54) is 33.7 Å².